The first kappa shape index (κ1) is 24.5. The third kappa shape index (κ3) is 4.93. The molecule has 2 N–H and O–H groups in total. The molecule has 4 rings (SSSR count). The molecule has 0 fully saturated rings. The number of ether oxygens (including phenoxy) is 1. The first-order valence-electron chi connectivity index (χ1n) is 11.2. The highest BCUT2D eigenvalue weighted by Gasteiger charge is 2.29. The van der Waals surface area contributed by atoms with E-state index < -0.39 is 24.0 Å². The molecule has 1 aliphatic carbocycles. The summed E-state index contributed by atoms with van der Waals surface area (Å²) >= 11 is 3.34. The molecule has 8 heteroatoms. The van der Waals surface area contributed by atoms with E-state index in [1.54, 1.807) is 19.1 Å². The van der Waals surface area contributed by atoms with Gasteiger partial charge in [-0.1, -0.05) is 55.5 Å². The Hall–Kier alpha value is -3.65. The van der Waals surface area contributed by atoms with Gasteiger partial charge in [-0.15, -0.1) is 0 Å². The highest BCUT2D eigenvalue weighted by atomic mass is 79.9. The van der Waals surface area contributed by atoms with E-state index in [0.29, 0.717) is 10.2 Å². The summed E-state index contributed by atoms with van der Waals surface area (Å²) in [5, 5.41) is 12.0. The number of hydrogen-bond donors (Lipinski definition) is 2. The average molecular weight is 537 g/mol. The third-order valence-electron chi connectivity index (χ3n) is 6.25. The van der Waals surface area contributed by atoms with Gasteiger partial charge >= 0.3 is 12.1 Å². The predicted molar refractivity (Wildman–Crippen MR) is 137 cm³/mol. The van der Waals surface area contributed by atoms with E-state index >= 15 is 0 Å². The Labute approximate surface area is 211 Å². The van der Waals surface area contributed by atoms with Gasteiger partial charge < -0.3 is 14.7 Å². The van der Waals surface area contributed by atoms with Gasteiger partial charge in [-0.25, -0.2) is 9.59 Å². The molecule has 0 saturated carbocycles. The van der Waals surface area contributed by atoms with Crippen LogP contribution in [-0.4, -0.2) is 47.7 Å². The Morgan fingerprint density at radius 3 is 2.20 bits per heavy atom. The molecule has 3 aromatic rings. The van der Waals surface area contributed by atoms with Crippen LogP contribution in [0.15, 0.2) is 71.2 Å². The SMILES string of the molecule is CCC(C(=O)O)N(C)C(=O)c1cc(NC(=O)OCC2c3ccccc3-c3ccccc32)ccc1Br. The molecular formula is C27H25BrN2O5. The summed E-state index contributed by atoms with van der Waals surface area (Å²) in [4.78, 5) is 38.2. The van der Waals surface area contributed by atoms with Crippen molar-refractivity contribution in [3.05, 3.63) is 87.9 Å². The predicted octanol–water partition coefficient (Wildman–Crippen LogP) is 5.75. The number of amides is 2. The number of carbonyl (C=O) groups excluding carboxylic acids is 2. The number of benzene rings is 3. The Balaban J connectivity index is 1.46. The van der Waals surface area contributed by atoms with Gasteiger partial charge in [0.15, 0.2) is 0 Å². The van der Waals surface area contributed by atoms with Gasteiger partial charge in [0.2, 0.25) is 0 Å². The lowest BCUT2D eigenvalue weighted by atomic mass is 9.98. The molecule has 0 bridgehead atoms. The van der Waals surface area contributed by atoms with E-state index in [-0.39, 0.29) is 24.5 Å². The molecule has 0 aromatic heterocycles. The van der Waals surface area contributed by atoms with Crippen LogP contribution in [0.25, 0.3) is 11.1 Å². The fourth-order valence-electron chi connectivity index (χ4n) is 4.46. The van der Waals surface area contributed by atoms with Crippen molar-refractivity contribution in [2.45, 2.75) is 25.3 Å². The first-order chi connectivity index (χ1) is 16.8. The lowest BCUT2D eigenvalue weighted by Crippen LogP contribution is -2.42. The zero-order valence-electron chi connectivity index (χ0n) is 19.3. The van der Waals surface area contributed by atoms with E-state index in [4.69, 9.17) is 4.74 Å². The van der Waals surface area contributed by atoms with Crippen molar-refractivity contribution in [3.63, 3.8) is 0 Å². The monoisotopic (exact) mass is 536 g/mol. The van der Waals surface area contributed by atoms with Crippen LogP contribution in [0.4, 0.5) is 10.5 Å². The van der Waals surface area contributed by atoms with Crippen molar-refractivity contribution in [1.82, 2.24) is 4.90 Å². The Morgan fingerprint density at radius 2 is 1.63 bits per heavy atom. The van der Waals surface area contributed by atoms with Gasteiger partial charge in [0, 0.05) is 23.1 Å². The van der Waals surface area contributed by atoms with Crippen molar-refractivity contribution in [2.75, 3.05) is 19.0 Å². The summed E-state index contributed by atoms with van der Waals surface area (Å²) in [6.45, 7) is 1.87. The van der Waals surface area contributed by atoms with Crippen LogP contribution in [0.1, 0.15) is 40.7 Å². The maximum atomic E-state index is 12.9. The number of carboxylic acid groups (broad SMARTS) is 1. The van der Waals surface area contributed by atoms with Crippen molar-refractivity contribution >= 4 is 39.6 Å². The van der Waals surface area contributed by atoms with E-state index in [1.807, 2.05) is 36.4 Å². The highest BCUT2D eigenvalue weighted by molar-refractivity contribution is 9.10. The number of likely N-dealkylation sites (N-methyl/N-ethyl adjacent to an activating group) is 1. The smallest absolute Gasteiger partial charge is 0.411 e. The van der Waals surface area contributed by atoms with Crippen LogP contribution in [0.3, 0.4) is 0 Å². The number of hydrogen-bond acceptors (Lipinski definition) is 4. The van der Waals surface area contributed by atoms with Gasteiger partial charge in [-0.05, 0) is 62.8 Å². The molecule has 1 aliphatic rings. The fourth-order valence-corrected chi connectivity index (χ4v) is 4.88. The molecule has 1 atom stereocenters. The normalized spacial score (nSPS) is 12.9. The van der Waals surface area contributed by atoms with Crippen LogP contribution in [0, 0.1) is 0 Å². The van der Waals surface area contributed by atoms with E-state index in [0.717, 1.165) is 22.3 Å². The largest absolute Gasteiger partial charge is 0.480 e. The fraction of sp³-hybridized carbons (Fsp3) is 0.222. The number of nitrogens with one attached hydrogen (secondary N) is 1. The maximum Gasteiger partial charge on any atom is 0.411 e. The maximum absolute atomic E-state index is 12.9. The second-order valence-electron chi connectivity index (χ2n) is 8.32. The topological polar surface area (TPSA) is 95.9 Å². The molecule has 7 nitrogen and oxygen atoms in total. The second kappa shape index (κ2) is 10.3. The molecule has 0 radical (unpaired) electrons. The van der Waals surface area contributed by atoms with Crippen molar-refractivity contribution < 1.29 is 24.2 Å². The van der Waals surface area contributed by atoms with Crippen molar-refractivity contribution in [2.24, 2.45) is 0 Å². The summed E-state index contributed by atoms with van der Waals surface area (Å²) in [7, 11) is 1.45. The minimum absolute atomic E-state index is 0.0640. The van der Waals surface area contributed by atoms with Crippen LogP contribution in [0.2, 0.25) is 0 Å². The van der Waals surface area contributed by atoms with Crippen LogP contribution in [0.5, 0.6) is 0 Å². The standard InChI is InChI=1S/C27H25BrN2O5/c1-3-24(26(32)33)30(2)25(31)21-14-16(12-13-23(21)28)29-27(34)35-15-22-19-10-6-4-8-17(19)18-9-5-7-11-20(18)22/h4-14,22,24H,3,15H2,1-2H3,(H,29,34)(H,32,33). The van der Waals surface area contributed by atoms with Crippen LogP contribution in [-0.2, 0) is 9.53 Å². The van der Waals surface area contributed by atoms with Gasteiger partial charge in [0.05, 0.1) is 5.56 Å². The van der Waals surface area contributed by atoms with Gasteiger partial charge in [0.25, 0.3) is 5.91 Å². The van der Waals surface area contributed by atoms with Crippen LogP contribution >= 0.6 is 15.9 Å². The van der Waals surface area contributed by atoms with E-state index in [2.05, 4.69) is 33.4 Å². The molecule has 180 valence electrons. The Kier molecular flexibility index (Phi) is 7.21. The van der Waals surface area contributed by atoms with Gasteiger partial charge in [-0.2, -0.15) is 0 Å². The lowest BCUT2D eigenvalue weighted by molar-refractivity contribution is -0.142. The molecule has 0 aliphatic heterocycles. The molecule has 0 spiro atoms. The summed E-state index contributed by atoms with van der Waals surface area (Å²) < 4.78 is 6.07. The van der Waals surface area contributed by atoms with Gasteiger partial charge in [0.1, 0.15) is 12.6 Å². The zero-order chi connectivity index (χ0) is 25.1. The Bertz CT molecular complexity index is 1250. The third-order valence-corrected chi connectivity index (χ3v) is 6.94. The first-order valence-corrected chi connectivity index (χ1v) is 12.0. The van der Waals surface area contributed by atoms with Crippen LogP contribution < -0.4 is 5.32 Å². The molecule has 3 aromatic carbocycles. The van der Waals surface area contributed by atoms with E-state index in [9.17, 15) is 19.5 Å². The molecule has 1 unspecified atom stereocenters. The number of rotatable bonds is 7. The summed E-state index contributed by atoms with van der Waals surface area (Å²) in [5.74, 6) is -1.61. The number of aliphatic carboxylic acids is 1. The summed E-state index contributed by atoms with van der Waals surface area (Å²) in [5.41, 5.74) is 5.12. The number of carbonyl (C=O) groups is 3. The summed E-state index contributed by atoms with van der Waals surface area (Å²) in [6, 6.07) is 20.0. The quantitative estimate of drug-likeness (QED) is 0.401. The minimum atomic E-state index is -1.08. The lowest BCUT2D eigenvalue weighted by Gasteiger charge is -2.24. The zero-order valence-corrected chi connectivity index (χ0v) is 20.9. The van der Waals surface area contributed by atoms with E-state index in [1.165, 1.54) is 18.0 Å². The second-order valence-corrected chi connectivity index (χ2v) is 9.18. The highest BCUT2D eigenvalue weighted by Crippen LogP contribution is 2.44. The minimum Gasteiger partial charge on any atom is -0.480 e. The molecule has 2 amide bonds. The molecule has 35 heavy (non-hydrogen) atoms. The number of carboxylic acids is 1. The number of anilines is 1. The number of halogens is 1. The summed E-state index contributed by atoms with van der Waals surface area (Å²) in [6.07, 6.45) is -0.370. The van der Waals surface area contributed by atoms with Crippen molar-refractivity contribution in [1.29, 1.82) is 0 Å². The molecule has 0 saturated heterocycles. The van der Waals surface area contributed by atoms with Crippen molar-refractivity contribution in [3.8, 4) is 11.1 Å². The molecule has 0 heterocycles. The average Bonchev–Trinajstić information content (AvgIpc) is 3.17. The Morgan fingerprint density at radius 1 is 1.03 bits per heavy atom. The van der Waals surface area contributed by atoms with Gasteiger partial charge in [-0.3, -0.25) is 10.1 Å². The number of fused-ring (bicyclic) bond motifs is 3. The molecular weight excluding hydrogens is 512 g/mol. The number of nitrogens with zero attached hydrogens (tertiary/aromatic N) is 1.